The molecule has 0 aromatic heterocycles. The lowest BCUT2D eigenvalue weighted by molar-refractivity contribution is -0.148. The minimum atomic E-state index is -0.797. The summed E-state index contributed by atoms with van der Waals surface area (Å²) in [7, 11) is 0. The average Bonchev–Trinajstić information content (AvgIpc) is 2.70. The fourth-order valence-electron chi connectivity index (χ4n) is 3.40. The number of urea groups is 1. The van der Waals surface area contributed by atoms with Crippen molar-refractivity contribution in [2.45, 2.75) is 66.3 Å². The number of nitrogens with zero attached hydrogens (tertiary/aromatic N) is 1. The third-order valence-electron chi connectivity index (χ3n) is 4.19. The van der Waals surface area contributed by atoms with E-state index < -0.39 is 11.4 Å². The molecule has 2 N–H and O–H groups in total. The predicted octanol–water partition coefficient (Wildman–Crippen LogP) is 3.10. The maximum atomic E-state index is 12.4. The van der Waals surface area contributed by atoms with Gasteiger partial charge < -0.3 is 15.3 Å². The second kappa shape index (κ2) is 5.85. The van der Waals surface area contributed by atoms with Gasteiger partial charge in [-0.25, -0.2) is 4.79 Å². The minimum absolute atomic E-state index is 0.121. The number of hydrogen-bond donors (Lipinski definition) is 2. The van der Waals surface area contributed by atoms with Crippen molar-refractivity contribution in [3.8, 4) is 0 Å². The lowest BCUT2D eigenvalue weighted by Gasteiger charge is -2.35. The Balaban J connectivity index is 2.68. The molecule has 0 spiro atoms. The summed E-state index contributed by atoms with van der Waals surface area (Å²) in [6, 6.07) is -0.152. The zero-order valence-corrected chi connectivity index (χ0v) is 14.2. The molecule has 1 aliphatic heterocycles. The highest BCUT2D eigenvalue weighted by molar-refractivity contribution is 5.80. The van der Waals surface area contributed by atoms with Gasteiger partial charge in [0.2, 0.25) is 0 Å². The van der Waals surface area contributed by atoms with Gasteiger partial charge in [0.1, 0.15) is 0 Å². The van der Waals surface area contributed by atoms with E-state index in [0.29, 0.717) is 25.9 Å². The summed E-state index contributed by atoms with van der Waals surface area (Å²) in [6.07, 6.45) is 1.95. The molecule has 0 saturated carbocycles. The SMILES string of the molecule is CCC1(C(=O)O)CCN(C(=O)NC(C)(C)CC(C)(C)C)C1. The summed E-state index contributed by atoms with van der Waals surface area (Å²) < 4.78 is 0. The van der Waals surface area contributed by atoms with Crippen LogP contribution in [-0.2, 0) is 4.79 Å². The van der Waals surface area contributed by atoms with Crippen molar-refractivity contribution >= 4 is 12.0 Å². The van der Waals surface area contributed by atoms with Gasteiger partial charge in [-0.05, 0) is 38.5 Å². The molecule has 1 aliphatic rings. The quantitative estimate of drug-likeness (QED) is 0.838. The average molecular weight is 298 g/mol. The molecule has 1 heterocycles. The van der Waals surface area contributed by atoms with Crippen LogP contribution in [0.15, 0.2) is 0 Å². The highest BCUT2D eigenvalue weighted by atomic mass is 16.4. The van der Waals surface area contributed by atoms with Crippen LogP contribution in [0.4, 0.5) is 4.79 Å². The Bertz CT molecular complexity index is 412. The highest BCUT2D eigenvalue weighted by Gasteiger charge is 2.45. The Morgan fingerprint density at radius 1 is 1.24 bits per heavy atom. The number of carbonyl (C=O) groups excluding carboxylic acids is 1. The van der Waals surface area contributed by atoms with Crippen LogP contribution in [0, 0.1) is 10.8 Å². The van der Waals surface area contributed by atoms with Crippen molar-refractivity contribution in [2.24, 2.45) is 10.8 Å². The van der Waals surface area contributed by atoms with E-state index in [1.54, 1.807) is 4.90 Å². The first-order valence-corrected chi connectivity index (χ1v) is 7.71. The summed E-state index contributed by atoms with van der Waals surface area (Å²) in [5, 5.41) is 12.4. The summed E-state index contributed by atoms with van der Waals surface area (Å²) in [4.78, 5) is 25.5. The lowest BCUT2D eigenvalue weighted by atomic mass is 9.82. The monoisotopic (exact) mass is 298 g/mol. The Labute approximate surface area is 128 Å². The van der Waals surface area contributed by atoms with Crippen molar-refractivity contribution in [1.82, 2.24) is 10.2 Å². The number of carboxylic acids is 1. The van der Waals surface area contributed by atoms with Crippen molar-refractivity contribution in [1.29, 1.82) is 0 Å². The molecule has 1 saturated heterocycles. The van der Waals surface area contributed by atoms with E-state index in [2.05, 4.69) is 26.1 Å². The van der Waals surface area contributed by atoms with Gasteiger partial charge in [-0.3, -0.25) is 4.79 Å². The van der Waals surface area contributed by atoms with Gasteiger partial charge >= 0.3 is 12.0 Å². The molecule has 21 heavy (non-hydrogen) atoms. The van der Waals surface area contributed by atoms with E-state index in [9.17, 15) is 14.7 Å². The number of aliphatic carboxylic acids is 1. The van der Waals surface area contributed by atoms with Crippen molar-refractivity contribution in [3.05, 3.63) is 0 Å². The van der Waals surface area contributed by atoms with Gasteiger partial charge in [0.15, 0.2) is 0 Å². The van der Waals surface area contributed by atoms with Crippen molar-refractivity contribution in [3.63, 3.8) is 0 Å². The lowest BCUT2D eigenvalue weighted by Crippen LogP contribution is -2.51. The topological polar surface area (TPSA) is 69.6 Å². The van der Waals surface area contributed by atoms with Crippen LogP contribution in [0.5, 0.6) is 0 Å². The van der Waals surface area contributed by atoms with Crippen LogP contribution in [-0.4, -0.2) is 40.6 Å². The van der Waals surface area contributed by atoms with E-state index in [1.165, 1.54) is 0 Å². The number of likely N-dealkylation sites (tertiary alicyclic amines) is 1. The molecule has 0 aromatic rings. The van der Waals surface area contributed by atoms with E-state index in [1.807, 2.05) is 20.8 Å². The summed E-state index contributed by atoms with van der Waals surface area (Å²) in [5.41, 5.74) is -0.961. The number of nitrogens with one attached hydrogen (secondary N) is 1. The standard InChI is InChI=1S/C16H30N2O3/c1-7-16(12(19)20)8-9-18(11-16)13(21)17-15(5,6)10-14(2,3)4/h7-11H2,1-6H3,(H,17,21)(H,19,20). The molecular weight excluding hydrogens is 268 g/mol. The van der Waals surface area contributed by atoms with E-state index >= 15 is 0 Å². The van der Waals surface area contributed by atoms with Crippen LogP contribution in [0.2, 0.25) is 0 Å². The van der Waals surface area contributed by atoms with Crippen molar-refractivity contribution in [2.75, 3.05) is 13.1 Å². The molecular formula is C16H30N2O3. The Kier molecular flexibility index (Phi) is 4.96. The van der Waals surface area contributed by atoms with Crippen LogP contribution < -0.4 is 5.32 Å². The molecule has 5 heteroatoms. The molecule has 122 valence electrons. The Morgan fingerprint density at radius 3 is 2.19 bits per heavy atom. The van der Waals surface area contributed by atoms with E-state index in [-0.39, 0.29) is 17.0 Å². The maximum absolute atomic E-state index is 12.4. The van der Waals surface area contributed by atoms with Crippen molar-refractivity contribution < 1.29 is 14.7 Å². The second-order valence-electron chi connectivity index (χ2n) is 8.16. The van der Waals surface area contributed by atoms with Crippen LogP contribution >= 0.6 is 0 Å². The van der Waals surface area contributed by atoms with E-state index in [0.717, 1.165) is 6.42 Å². The molecule has 1 rings (SSSR count). The zero-order valence-electron chi connectivity index (χ0n) is 14.2. The summed E-state index contributed by atoms with van der Waals surface area (Å²) in [6.45, 7) is 13.1. The fraction of sp³-hybridized carbons (Fsp3) is 0.875. The van der Waals surface area contributed by atoms with Gasteiger partial charge in [0, 0.05) is 18.6 Å². The predicted molar refractivity (Wildman–Crippen MR) is 83.2 cm³/mol. The zero-order chi connectivity index (χ0) is 16.5. The van der Waals surface area contributed by atoms with Crippen LogP contribution in [0.1, 0.15) is 60.8 Å². The molecule has 1 unspecified atom stereocenters. The number of rotatable bonds is 4. The van der Waals surface area contributed by atoms with Crippen LogP contribution in [0.3, 0.4) is 0 Å². The van der Waals surface area contributed by atoms with E-state index in [4.69, 9.17) is 0 Å². The number of carbonyl (C=O) groups is 2. The second-order valence-corrected chi connectivity index (χ2v) is 8.16. The molecule has 5 nitrogen and oxygen atoms in total. The summed E-state index contributed by atoms with van der Waals surface area (Å²) in [5.74, 6) is -0.797. The smallest absolute Gasteiger partial charge is 0.317 e. The minimum Gasteiger partial charge on any atom is -0.481 e. The number of amides is 2. The van der Waals surface area contributed by atoms with Crippen LogP contribution in [0.25, 0.3) is 0 Å². The first kappa shape index (κ1) is 17.8. The Hall–Kier alpha value is -1.26. The molecule has 0 bridgehead atoms. The van der Waals surface area contributed by atoms with Gasteiger partial charge in [0.25, 0.3) is 0 Å². The third-order valence-corrected chi connectivity index (χ3v) is 4.19. The first-order valence-electron chi connectivity index (χ1n) is 7.71. The maximum Gasteiger partial charge on any atom is 0.317 e. The molecule has 0 aliphatic carbocycles. The largest absolute Gasteiger partial charge is 0.481 e. The van der Waals surface area contributed by atoms with Gasteiger partial charge in [-0.15, -0.1) is 0 Å². The molecule has 2 amide bonds. The van der Waals surface area contributed by atoms with Gasteiger partial charge in [0.05, 0.1) is 5.41 Å². The summed E-state index contributed by atoms with van der Waals surface area (Å²) >= 11 is 0. The third kappa shape index (κ3) is 4.61. The molecule has 0 aromatic carbocycles. The Morgan fingerprint density at radius 2 is 1.81 bits per heavy atom. The van der Waals surface area contributed by atoms with Gasteiger partial charge in [-0.1, -0.05) is 27.7 Å². The highest BCUT2D eigenvalue weighted by Crippen LogP contribution is 2.34. The molecule has 0 radical (unpaired) electrons. The number of hydrogen-bond acceptors (Lipinski definition) is 2. The fourth-order valence-corrected chi connectivity index (χ4v) is 3.40. The first-order chi connectivity index (χ1) is 9.41. The number of carboxylic acid groups (broad SMARTS) is 1. The molecule has 1 atom stereocenters. The normalized spacial score (nSPS) is 23.2. The molecule has 1 fully saturated rings. The van der Waals surface area contributed by atoms with Gasteiger partial charge in [-0.2, -0.15) is 0 Å².